The van der Waals surface area contributed by atoms with Crippen molar-refractivity contribution < 1.29 is 0 Å². The summed E-state index contributed by atoms with van der Waals surface area (Å²) in [6.45, 7) is 3.00. The fourth-order valence-electron chi connectivity index (χ4n) is 1.06. The van der Waals surface area contributed by atoms with Gasteiger partial charge in [-0.2, -0.15) is 0 Å². The summed E-state index contributed by atoms with van der Waals surface area (Å²) >= 11 is 0. The lowest BCUT2D eigenvalue weighted by Crippen LogP contribution is -2.16. The van der Waals surface area contributed by atoms with Gasteiger partial charge in [0.1, 0.15) is 0 Å². The summed E-state index contributed by atoms with van der Waals surface area (Å²) in [5, 5.41) is 3.16. The van der Waals surface area contributed by atoms with E-state index < -0.39 is 0 Å². The van der Waals surface area contributed by atoms with Crippen LogP contribution in [-0.4, -0.2) is 6.54 Å². The third-order valence-electron chi connectivity index (χ3n) is 1.69. The third-order valence-corrected chi connectivity index (χ3v) is 1.69. The second kappa shape index (κ2) is 4.00. The van der Waals surface area contributed by atoms with Gasteiger partial charge in [0.15, 0.2) is 0 Å². The van der Waals surface area contributed by atoms with Crippen LogP contribution in [0.15, 0.2) is 12.3 Å². The van der Waals surface area contributed by atoms with Gasteiger partial charge in [0.2, 0.25) is 0 Å². The van der Waals surface area contributed by atoms with Crippen LogP contribution in [0.1, 0.15) is 19.8 Å². The van der Waals surface area contributed by atoms with Gasteiger partial charge in [-0.1, -0.05) is 6.08 Å². The molecule has 0 amide bonds. The topological polar surface area (TPSA) is 12.0 Å². The van der Waals surface area contributed by atoms with Crippen molar-refractivity contribution in [2.45, 2.75) is 19.8 Å². The Morgan fingerprint density at radius 1 is 1.70 bits per heavy atom. The Morgan fingerprint density at radius 3 is 3.20 bits per heavy atom. The maximum Gasteiger partial charge on any atom is 0.0153 e. The van der Waals surface area contributed by atoms with E-state index in [1.54, 1.807) is 0 Å². The van der Waals surface area contributed by atoms with E-state index in [-0.39, 0.29) is 0 Å². The Bertz CT molecular complexity index is 171. The predicted molar refractivity (Wildman–Crippen MR) is 43.3 cm³/mol. The summed E-state index contributed by atoms with van der Waals surface area (Å²) < 4.78 is 0. The molecule has 1 heteroatoms. The Morgan fingerprint density at radius 2 is 2.60 bits per heavy atom. The maximum absolute atomic E-state index is 3.16. The minimum atomic E-state index is 0.689. The second-order valence-electron chi connectivity index (χ2n) is 2.49. The summed E-state index contributed by atoms with van der Waals surface area (Å²) in [5.74, 6) is 6.69. The lowest BCUT2D eigenvalue weighted by molar-refractivity contribution is 0.559. The molecule has 0 aromatic carbocycles. The van der Waals surface area contributed by atoms with Crippen molar-refractivity contribution in [3.05, 3.63) is 12.3 Å². The molecule has 0 bridgehead atoms. The lowest BCUT2D eigenvalue weighted by Gasteiger charge is -2.13. The van der Waals surface area contributed by atoms with Gasteiger partial charge in [0, 0.05) is 13.0 Å². The van der Waals surface area contributed by atoms with Gasteiger partial charge < -0.3 is 5.32 Å². The molecular weight excluding hydrogens is 122 g/mol. The van der Waals surface area contributed by atoms with Gasteiger partial charge in [-0.25, -0.2) is 0 Å². The van der Waals surface area contributed by atoms with Gasteiger partial charge >= 0.3 is 0 Å². The number of hydrogen-bond acceptors (Lipinski definition) is 1. The Balaban J connectivity index is 2.30. The van der Waals surface area contributed by atoms with E-state index in [1.807, 2.05) is 13.1 Å². The zero-order valence-corrected chi connectivity index (χ0v) is 6.35. The molecule has 1 rings (SSSR count). The molecule has 0 spiro atoms. The summed E-state index contributed by atoms with van der Waals surface area (Å²) in [4.78, 5) is 0. The first-order valence-corrected chi connectivity index (χ1v) is 3.73. The Kier molecular flexibility index (Phi) is 2.89. The molecule has 0 aromatic rings. The highest BCUT2D eigenvalue weighted by Crippen LogP contribution is 2.11. The van der Waals surface area contributed by atoms with E-state index >= 15 is 0 Å². The van der Waals surface area contributed by atoms with E-state index in [9.17, 15) is 0 Å². The van der Waals surface area contributed by atoms with Crippen molar-refractivity contribution in [3.8, 4) is 11.8 Å². The van der Waals surface area contributed by atoms with E-state index in [0.717, 1.165) is 13.0 Å². The first-order valence-electron chi connectivity index (χ1n) is 3.73. The van der Waals surface area contributed by atoms with Gasteiger partial charge in [0.05, 0.1) is 0 Å². The molecule has 1 heterocycles. The summed E-state index contributed by atoms with van der Waals surface area (Å²) in [6, 6.07) is 0. The first-order chi connectivity index (χ1) is 4.93. The zero-order valence-electron chi connectivity index (χ0n) is 6.35. The minimum absolute atomic E-state index is 0.689. The maximum atomic E-state index is 3.16. The predicted octanol–water partition coefficient (Wildman–Crippen LogP) is 1.52. The van der Waals surface area contributed by atoms with Crippen molar-refractivity contribution in [3.63, 3.8) is 0 Å². The zero-order chi connectivity index (χ0) is 7.23. The number of allylic oxidation sites excluding steroid dienone is 1. The fraction of sp³-hybridized carbons (Fsp3) is 0.556. The smallest absolute Gasteiger partial charge is 0.0153 e. The molecule has 0 radical (unpaired) electrons. The minimum Gasteiger partial charge on any atom is -0.391 e. The van der Waals surface area contributed by atoms with Gasteiger partial charge in [-0.15, -0.1) is 11.8 Å². The number of hydrogen-bond donors (Lipinski definition) is 1. The average Bonchev–Trinajstić information content (AvgIpc) is 2.03. The molecule has 10 heavy (non-hydrogen) atoms. The number of rotatable bonds is 1. The van der Waals surface area contributed by atoms with Crippen LogP contribution in [0.25, 0.3) is 0 Å². The standard InChI is InChI=1S/C9H13N/c1-2-3-4-9-5-7-10-8-6-9/h5,7,9-10H,4,6,8H2,1H3. The molecule has 1 aliphatic heterocycles. The molecule has 1 nitrogen and oxygen atoms in total. The molecule has 0 saturated carbocycles. The summed E-state index contributed by atoms with van der Waals surface area (Å²) in [7, 11) is 0. The van der Waals surface area contributed by atoms with E-state index in [2.05, 4.69) is 23.2 Å². The molecule has 0 saturated heterocycles. The normalized spacial score (nSPS) is 22.7. The highest BCUT2D eigenvalue weighted by atomic mass is 14.8. The van der Waals surface area contributed by atoms with Crippen LogP contribution < -0.4 is 5.32 Å². The first kappa shape index (κ1) is 7.21. The molecule has 1 aliphatic rings. The largest absolute Gasteiger partial charge is 0.391 e. The van der Waals surface area contributed by atoms with Crippen molar-refractivity contribution in [1.29, 1.82) is 0 Å². The molecule has 1 N–H and O–H groups in total. The molecule has 0 fully saturated rings. The van der Waals surface area contributed by atoms with Crippen molar-refractivity contribution in [2.75, 3.05) is 6.54 Å². The van der Waals surface area contributed by atoms with E-state index in [0.29, 0.717) is 5.92 Å². The van der Waals surface area contributed by atoms with Crippen LogP contribution >= 0.6 is 0 Å². The van der Waals surface area contributed by atoms with Crippen molar-refractivity contribution in [2.24, 2.45) is 5.92 Å². The van der Waals surface area contributed by atoms with E-state index in [4.69, 9.17) is 0 Å². The number of nitrogens with one attached hydrogen (secondary N) is 1. The molecule has 1 unspecified atom stereocenters. The second-order valence-corrected chi connectivity index (χ2v) is 2.49. The Labute approximate surface area is 62.5 Å². The SMILES string of the molecule is CC#CCC1C=CNCC1. The van der Waals surface area contributed by atoms with Gasteiger partial charge in [0.25, 0.3) is 0 Å². The molecule has 54 valence electrons. The van der Waals surface area contributed by atoms with Crippen LogP contribution in [0.4, 0.5) is 0 Å². The molecule has 0 aromatic heterocycles. The van der Waals surface area contributed by atoms with E-state index in [1.165, 1.54) is 6.42 Å². The molecule has 0 aliphatic carbocycles. The monoisotopic (exact) mass is 135 g/mol. The van der Waals surface area contributed by atoms with Crippen LogP contribution in [0.5, 0.6) is 0 Å². The fourth-order valence-corrected chi connectivity index (χ4v) is 1.06. The third kappa shape index (κ3) is 2.14. The van der Waals surface area contributed by atoms with Crippen LogP contribution in [-0.2, 0) is 0 Å². The van der Waals surface area contributed by atoms with Crippen molar-refractivity contribution >= 4 is 0 Å². The van der Waals surface area contributed by atoms with Crippen LogP contribution in [0.2, 0.25) is 0 Å². The van der Waals surface area contributed by atoms with Crippen LogP contribution in [0, 0.1) is 17.8 Å². The van der Waals surface area contributed by atoms with Crippen LogP contribution in [0.3, 0.4) is 0 Å². The van der Waals surface area contributed by atoms with Crippen molar-refractivity contribution in [1.82, 2.24) is 5.32 Å². The quantitative estimate of drug-likeness (QED) is 0.537. The molecular formula is C9H13N. The average molecular weight is 135 g/mol. The summed E-state index contributed by atoms with van der Waals surface area (Å²) in [5.41, 5.74) is 0. The molecule has 1 atom stereocenters. The summed E-state index contributed by atoms with van der Waals surface area (Å²) in [6.07, 6.45) is 6.49. The Hall–Kier alpha value is -0.900. The lowest BCUT2D eigenvalue weighted by atomic mass is 10.00. The highest BCUT2D eigenvalue weighted by Gasteiger charge is 2.04. The van der Waals surface area contributed by atoms with Gasteiger partial charge in [-0.3, -0.25) is 0 Å². The highest BCUT2D eigenvalue weighted by molar-refractivity contribution is 5.02. The van der Waals surface area contributed by atoms with Gasteiger partial charge in [-0.05, 0) is 25.5 Å².